The Kier molecular flexibility index (Phi) is 5.96. The first-order valence-electron chi connectivity index (χ1n) is 10.9. The molecule has 8 heteroatoms. The number of nitrogens with one attached hydrogen (secondary N) is 2. The number of nitrogens with zero attached hydrogens (tertiary/aromatic N) is 3. The highest BCUT2D eigenvalue weighted by molar-refractivity contribution is 8.04. The predicted molar refractivity (Wildman–Crippen MR) is 126 cm³/mol. The Morgan fingerprint density at radius 2 is 1.88 bits per heavy atom. The van der Waals surface area contributed by atoms with Crippen molar-refractivity contribution in [1.82, 2.24) is 19.6 Å². The standard InChI is InChI=1S/C24H25N5O2S/c30-22(27-18-5-2-1-3-6-18)16-28-11-9-17(10-12-28)14-26-24(31)20-13-19-15-25-21-7-4-8-23(32-20)29(19)21/h1-8,13,15,17H,9-12,14,16H2,(H,26,31)(H,27,30). The van der Waals surface area contributed by atoms with Gasteiger partial charge in [-0.05, 0) is 62.2 Å². The molecule has 5 rings (SSSR count). The zero-order chi connectivity index (χ0) is 21.9. The first kappa shape index (κ1) is 20.8. The van der Waals surface area contributed by atoms with Gasteiger partial charge in [-0.25, -0.2) is 4.98 Å². The zero-order valence-corrected chi connectivity index (χ0v) is 18.5. The van der Waals surface area contributed by atoms with Crippen LogP contribution in [-0.4, -0.2) is 52.3 Å². The van der Waals surface area contributed by atoms with Crippen molar-refractivity contribution in [3.63, 3.8) is 0 Å². The van der Waals surface area contributed by atoms with Crippen molar-refractivity contribution in [3.8, 4) is 0 Å². The van der Waals surface area contributed by atoms with Gasteiger partial charge in [0, 0.05) is 12.2 Å². The van der Waals surface area contributed by atoms with E-state index in [1.165, 1.54) is 11.8 Å². The summed E-state index contributed by atoms with van der Waals surface area (Å²) >= 11 is 1.48. The molecule has 2 aliphatic heterocycles. The van der Waals surface area contributed by atoms with Gasteiger partial charge in [-0.3, -0.25) is 18.9 Å². The average molecular weight is 448 g/mol. The summed E-state index contributed by atoms with van der Waals surface area (Å²) in [5.74, 6) is 0.401. The lowest BCUT2D eigenvalue weighted by atomic mass is 9.97. The third-order valence-electron chi connectivity index (χ3n) is 5.92. The Balaban J connectivity index is 1.08. The van der Waals surface area contributed by atoms with Crippen LogP contribution in [0, 0.1) is 5.92 Å². The van der Waals surface area contributed by atoms with Crippen LogP contribution in [0.15, 0.2) is 64.7 Å². The Labute approximate surface area is 190 Å². The number of carbonyl (C=O) groups is 2. The van der Waals surface area contributed by atoms with Crippen LogP contribution in [0.25, 0.3) is 11.7 Å². The number of anilines is 1. The van der Waals surface area contributed by atoms with Gasteiger partial charge in [0.25, 0.3) is 5.91 Å². The van der Waals surface area contributed by atoms with Crippen LogP contribution in [0.5, 0.6) is 0 Å². The van der Waals surface area contributed by atoms with Gasteiger partial charge in [-0.1, -0.05) is 36.0 Å². The van der Waals surface area contributed by atoms with E-state index in [1.54, 1.807) is 6.20 Å². The Morgan fingerprint density at radius 1 is 1.06 bits per heavy atom. The minimum absolute atomic E-state index is 0.0125. The lowest BCUT2D eigenvalue weighted by Crippen LogP contribution is -2.42. The van der Waals surface area contributed by atoms with Gasteiger partial charge >= 0.3 is 0 Å². The van der Waals surface area contributed by atoms with Crippen LogP contribution in [0.1, 0.15) is 18.5 Å². The molecule has 0 radical (unpaired) electrons. The third kappa shape index (κ3) is 4.56. The lowest BCUT2D eigenvalue weighted by molar-refractivity contribution is -0.117. The summed E-state index contributed by atoms with van der Waals surface area (Å²) < 4.78 is 2.06. The third-order valence-corrected chi connectivity index (χ3v) is 6.97. The molecular weight excluding hydrogens is 422 g/mol. The molecule has 0 spiro atoms. The van der Waals surface area contributed by atoms with Crippen molar-refractivity contribution < 1.29 is 9.59 Å². The highest BCUT2D eigenvalue weighted by atomic mass is 32.2. The largest absolute Gasteiger partial charge is 0.351 e. The normalized spacial score (nSPS) is 16.6. The molecule has 0 atom stereocenters. The van der Waals surface area contributed by atoms with E-state index in [1.807, 2.05) is 54.6 Å². The fourth-order valence-electron chi connectivity index (χ4n) is 4.20. The van der Waals surface area contributed by atoms with Gasteiger partial charge in [-0.2, -0.15) is 0 Å². The van der Waals surface area contributed by atoms with Crippen LogP contribution in [0.2, 0.25) is 0 Å². The number of hydrogen-bond acceptors (Lipinski definition) is 5. The average Bonchev–Trinajstić information content (AvgIpc) is 3.23. The number of thioether (sulfide) groups is 1. The molecule has 3 aromatic rings. The molecule has 2 aliphatic rings. The molecule has 4 heterocycles. The second-order valence-corrected chi connectivity index (χ2v) is 9.26. The summed E-state index contributed by atoms with van der Waals surface area (Å²) in [6, 6.07) is 15.5. The molecule has 0 aliphatic carbocycles. The maximum Gasteiger partial charge on any atom is 0.258 e. The SMILES string of the molecule is O=C(CN1CCC(CNC(=O)C2=Cc3cnc4cccc(n34)S2)CC1)Nc1ccccc1. The number of pyridine rings is 1. The van der Waals surface area contributed by atoms with E-state index >= 15 is 0 Å². The van der Waals surface area contributed by atoms with Crippen molar-refractivity contribution in [3.05, 3.63) is 65.3 Å². The van der Waals surface area contributed by atoms with E-state index in [9.17, 15) is 9.59 Å². The molecule has 1 saturated heterocycles. The minimum Gasteiger partial charge on any atom is -0.351 e. The maximum atomic E-state index is 12.8. The lowest BCUT2D eigenvalue weighted by Gasteiger charge is -2.31. The summed E-state index contributed by atoms with van der Waals surface area (Å²) in [6.45, 7) is 2.78. The van der Waals surface area contributed by atoms with Crippen molar-refractivity contribution in [1.29, 1.82) is 0 Å². The number of benzene rings is 1. The molecule has 32 heavy (non-hydrogen) atoms. The van der Waals surface area contributed by atoms with E-state index in [4.69, 9.17) is 0 Å². The smallest absolute Gasteiger partial charge is 0.258 e. The first-order chi connectivity index (χ1) is 15.7. The number of para-hydroxylation sites is 1. The van der Waals surface area contributed by atoms with Crippen LogP contribution in [-0.2, 0) is 9.59 Å². The van der Waals surface area contributed by atoms with Crippen molar-refractivity contribution >= 4 is 41.0 Å². The maximum absolute atomic E-state index is 12.8. The van der Waals surface area contributed by atoms with Crippen LogP contribution < -0.4 is 10.6 Å². The first-order valence-corrected chi connectivity index (χ1v) is 11.7. The fraction of sp³-hybridized carbons (Fsp3) is 0.292. The number of rotatable bonds is 6. The number of hydrogen-bond donors (Lipinski definition) is 2. The molecule has 2 amide bonds. The van der Waals surface area contributed by atoms with E-state index in [2.05, 4.69) is 24.9 Å². The molecule has 1 aromatic carbocycles. The molecule has 2 N–H and O–H groups in total. The minimum atomic E-state index is -0.0379. The van der Waals surface area contributed by atoms with E-state index in [-0.39, 0.29) is 11.8 Å². The summed E-state index contributed by atoms with van der Waals surface area (Å²) in [7, 11) is 0. The number of carbonyl (C=O) groups excluding carboxylic acids is 2. The molecule has 7 nitrogen and oxygen atoms in total. The van der Waals surface area contributed by atoms with E-state index in [0.29, 0.717) is 23.9 Å². The van der Waals surface area contributed by atoms with E-state index in [0.717, 1.165) is 48.0 Å². The van der Waals surface area contributed by atoms with Crippen molar-refractivity contribution in [2.75, 3.05) is 31.5 Å². The number of piperidine rings is 1. The highest BCUT2D eigenvalue weighted by Crippen LogP contribution is 2.34. The molecular formula is C24H25N5O2S. The predicted octanol–water partition coefficient (Wildman–Crippen LogP) is 3.25. The van der Waals surface area contributed by atoms with Crippen molar-refractivity contribution in [2.45, 2.75) is 17.9 Å². The second kappa shape index (κ2) is 9.18. The summed E-state index contributed by atoms with van der Waals surface area (Å²) in [5.41, 5.74) is 2.65. The van der Waals surface area contributed by atoms with Crippen LogP contribution >= 0.6 is 11.8 Å². The Bertz CT molecular complexity index is 1170. The number of likely N-dealkylation sites (tertiary alicyclic amines) is 1. The fourth-order valence-corrected chi connectivity index (χ4v) is 5.20. The quantitative estimate of drug-likeness (QED) is 0.607. The second-order valence-electron chi connectivity index (χ2n) is 8.20. The van der Waals surface area contributed by atoms with Crippen LogP contribution in [0.3, 0.4) is 0 Å². The Hall–Kier alpha value is -3.10. The zero-order valence-electron chi connectivity index (χ0n) is 17.7. The summed E-state index contributed by atoms with van der Waals surface area (Å²) in [5, 5.41) is 7.05. The van der Waals surface area contributed by atoms with Crippen molar-refractivity contribution in [2.24, 2.45) is 5.92 Å². The number of amides is 2. The van der Waals surface area contributed by atoms with Gasteiger partial charge in [0.15, 0.2) is 0 Å². The summed E-state index contributed by atoms with van der Waals surface area (Å²) in [6.07, 6.45) is 5.64. The van der Waals surface area contributed by atoms with Gasteiger partial charge in [-0.15, -0.1) is 0 Å². The van der Waals surface area contributed by atoms with Gasteiger partial charge < -0.3 is 10.6 Å². The molecule has 0 unspecified atom stereocenters. The van der Waals surface area contributed by atoms with Gasteiger partial charge in [0.2, 0.25) is 5.91 Å². The summed E-state index contributed by atoms with van der Waals surface area (Å²) in [4.78, 5) is 32.3. The molecule has 164 valence electrons. The Morgan fingerprint density at radius 3 is 2.69 bits per heavy atom. The topological polar surface area (TPSA) is 78.7 Å². The monoisotopic (exact) mass is 447 g/mol. The number of aromatic nitrogens is 2. The van der Waals surface area contributed by atoms with Gasteiger partial charge in [0.05, 0.1) is 28.4 Å². The van der Waals surface area contributed by atoms with Crippen LogP contribution in [0.4, 0.5) is 5.69 Å². The molecule has 0 bridgehead atoms. The van der Waals surface area contributed by atoms with Gasteiger partial charge in [0.1, 0.15) is 5.65 Å². The molecule has 1 fully saturated rings. The highest BCUT2D eigenvalue weighted by Gasteiger charge is 2.23. The number of imidazole rings is 1. The molecule has 0 saturated carbocycles. The molecule has 2 aromatic heterocycles. The van der Waals surface area contributed by atoms with E-state index < -0.39 is 0 Å².